The van der Waals surface area contributed by atoms with Gasteiger partial charge in [0.25, 0.3) is 0 Å². The number of carbonyl (C=O) groups excluding carboxylic acids is 1. The van der Waals surface area contributed by atoms with Crippen LogP contribution < -0.4 is 11.3 Å². The first-order chi connectivity index (χ1) is 5.15. The Kier molecular flexibility index (Phi) is 1.86. The van der Waals surface area contributed by atoms with Crippen LogP contribution in [0, 0.1) is 6.92 Å². The molecule has 6 heteroatoms. The lowest BCUT2D eigenvalue weighted by Crippen LogP contribution is -2.32. The Morgan fingerprint density at radius 2 is 2.36 bits per heavy atom. The highest BCUT2D eigenvalue weighted by molar-refractivity contribution is 5.90. The molecule has 3 N–H and O–H groups in total. The summed E-state index contributed by atoms with van der Waals surface area (Å²) in [6.07, 6.45) is 0. The molecule has 0 aromatic carbocycles. The predicted octanol–water partition coefficient (Wildman–Crippen LogP) is -1.27. The van der Waals surface area contributed by atoms with Gasteiger partial charge in [-0.05, 0) is 6.92 Å². The van der Waals surface area contributed by atoms with Crippen LogP contribution in [-0.2, 0) is 7.05 Å². The summed E-state index contributed by atoms with van der Waals surface area (Å²) in [5.41, 5.74) is 1.97. The number of hydrogen-bond acceptors (Lipinski definition) is 4. The summed E-state index contributed by atoms with van der Waals surface area (Å²) in [4.78, 5) is 14.7. The molecule has 11 heavy (non-hydrogen) atoms. The van der Waals surface area contributed by atoms with E-state index in [2.05, 4.69) is 10.1 Å². The summed E-state index contributed by atoms with van der Waals surface area (Å²) >= 11 is 0. The number of aromatic nitrogens is 3. The molecule has 0 atom stereocenters. The third kappa shape index (κ3) is 1.35. The standard InChI is InChI=1S/C5H9N5O/c1-3-7-4(5(11)8-6)10(2)9-3/h6H2,1-2H3,(H,8,11). The summed E-state index contributed by atoms with van der Waals surface area (Å²) < 4.78 is 1.37. The van der Waals surface area contributed by atoms with E-state index in [1.165, 1.54) is 4.68 Å². The number of rotatable bonds is 1. The fraction of sp³-hybridized carbons (Fsp3) is 0.400. The van der Waals surface area contributed by atoms with E-state index < -0.39 is 5.91 Å². The van der Waals surface area contributed by atoms with Crippen molar-refractivity contribution in [2.45, 2.75) is 6.92 Å². The van der Waals surface area contributed by atoms with Crippen LogP contribution in [0.2, 0.25) is 0 Å². The summed E-state index contributed by atoms with van der Waals surface area (Å²) in [5, 5.41) is 3.87. The quantitative estimate of drug-likeness (QED) is 0.300. The lowest BCUT2D eigenvalue weighted by Gasteiger charge is -1.95. The van der Waals surface area contributed by atoms with Crippen LogP contribution in [-0.4, -0.2) is 20.7 Å². The molecular weight excluding hydrogens is 146 g/mol. The van der Waals surface area contributed by atoms with Crippen molar-refractivity contribution in [1.29, 1.82) is 0 Å². The maximum atomic E-state index is 10.9. The van der Waals surface area contributed by atoms with Gasteiger partial charge in [0.05, 0.1) is 0 Å². The zero-order chi connectivity index (χ0) is 8.43. The Hall–Kier alpha value is -1.43. The van der Waals surface area contributed by atoms with Gasteiger partial charge in [-0.2, -0.15) is 5.10 Å². The molecule has 60 valence electrons. The molecule has 1 amide bonds. The lowest BCUT2D eigenvalue weighted by molar-refractivity contribution is 0.0939. The molecule has 0 aliphatic rings. The molecule has 0 spiro atoms. The van der Waals surface area contributed by atoms with Crippen molar-refractivity contribution in [3.05, 3.63) is 11.6 Å². The first kappa shape index (κ1) is 7.67. The molecule has 1 heterocycles. The van der Waals surface area contributed by atoms with E-state index in [0.29, 0.717) is 5.82 Å². The van der Waals surface area contributed by atoms with Crippen LogP contribution in [0.3, 0.4) is 0 Å². The van der Waals surface area contributed by atoms with E-state index in [4.69, 9.17) is 5.84 Å². The second kappa shape index (κ2) is 2.67. The molecule has 0 fully saturated rings. The third-order valence-electron chi connectivity index (χ3n) is 1.20. The summed E-state index contributed by atoms with van der Waals surface area (Å²) in [7, 11) is 1.63. The van der Waals surface area contributed by atoms with Crippen molar-refractivity contribution in [2.24, 2.45) is 12.9 Å². The van der Waals surface area contributed by atoms with E-state index in [9.17, 15) is 4.79 Å². The number of hydrazine groups is 1. The minimum atomic E-state index is -0.437. The molecule has 1 aromatic heterocycles. The zero-order valence-electron chi connectivity index (χ0n) is 6.33. The van der Waals surface area contributed by atoms with Gasteiger partial charge in [0.15, 0.2) is 0 Å². The molecule has 0 radical (unpaired) electrons. The molecule has 0 saturated carbocycles. The van der Waals surface area contributed by atoms with Crippen molar-refractivity contribution < 1.29 is 4.79 Å². The highest BCUT2D eigenvalue weighted by atomic mass is 16.2. The summed E-state index contributed by atoms with van der Waals surface area (Å²) in [5.74, 6) is 5.22. The minimum absolute atomic E-state index is 0.213. The number of nitrogen functional groups attached to an aromatic ring is 1. The van der Waals surface area contributed by atoms with Crippen molar-refractivity contribution in [3.8, 4) is 0 Å². The molecule has 0 aliphatic heterocycles. The Labute approximate surface area is 63.4 Å². The summed E-state index contributed by atoms with van der Waals surface area (Å²) in [6.45, 7) is 1.70. The first-order valence-corrected chi connectivity index (χ1v) is 3.03. The monoisotopic (exact) mass is 155 g/mol. The van der Waals surface area contributed by atoms with Crippen LogP contribution in [0.5, 0.6) is 0 Å². The van der Waals surface area contributed by atoms with Gasteiger partial charge in [-0.25, -0.2) is 15.5 Å². The Balaban J connectivity index is 3.03. The highest BCUT2D eigenvalue weighted by Gasteiger charge is 2.10. The number of amides is 1. The predicted molar refractivity (Wildman–Crippen MR) is 37.4 cm³/mol. The molecule has 1 rings (SSSR count). The number of carbonyl (C=O) groups is 1. The third-order valence-corrected chi connectivity index (χ3v) is 1.20. The van der Waals surface area contributed by atoms with Gasteiger partial charge < -0.3 is 0 Å². The van der Waals surface area contributed by atoms with E-state index in [1.54, 1.807) is 14.0 Å². The number of nitrogens with zero attached hydrogens (tertiary/aromatic N) is 3. The molecule has 0 unspecified atom stereocenters. The van der Waals surface area contributed by atoms with E-state index in [1.807, 2.05) is 5.43 Å². The van der Waals surface area contributed by atoms with Gasteiger partial charge in [-0.3, -0.25) is 10.2 Å². The molecule has 1 aromatic rings. The van der Waals surface area contributed by atoms with E-state index in [-0.39, 0.29) is 5.82 Å². The van der Waals surface area contributed by atoms with Gasteiger partial charge in [0, 0.05) is 7.05 Å². The van der Waals surface area contributed by atoms with Crippen molar-refractivity contribution >= 4 is 5.91 Å². The average Bonchev–Trinajstić information content (AvgIpc) is 2.28. The SMILES string of the molecule is Cc1nc(C(=O)NN)n(C)n1. The topological polar surface area (TPSA) is 85.8 Å². The van der Waals surface area contributed by atoms with Crippen LogP contribution in [0.4, 0.5) is 0 Å². The maximum absolute atomic E-state index is 10.9. The van der Waals surface area contributed by atoms with Gasteiger partial charge in [-0.1, -0.05) is 0 Å². The fourth-order valence-electron chi connectivity index (χ4n) is 0.775. The normalized spacial score (nSPS) is 9.73. The fourth-order valence-corrected chi connectivity index (χ4v) is 0.775. The zero-order valence-corrected chi connectivity index (χ0v) is 6.33. The molecule has 0 bridgehead atoms. The van der Waals surface area contributed by atoms with Gasteiger partial charge in [0.1, 0.15) is 5.82 Å². The van der Waals surface area contributed by atoms with Gasteiger partial charge in [0.2, 0.25) is 5.82 Å². The smallest absolute Gasteiger partial charge is 0.287 e. The molecule has 0 saturated heterocycles. The van der Waals surface area contributed by atoms with Crippen LogP contribution in [0.25, 0.3) is 0 Å². The summed E-state index contributed by atoms with van der Waals surface area (Å²) in [6, 6.07) is 0. The van der Waals surface area contributed by atoms with Crippen molar-refractivity contribution in [1.82, 2.24) is 20.2 Å². The minimum Gasteiger partial charge on any atom is -0.287 e. The van der Waals surface area contributed by atoms with Crippen LogP contribution in [0.15, 0.2) is 0 Å². The second-order valence-electron chi connectivity index (χ2n) is 2.08. The van der Waals surface area contributed by atoms with Gasteiger partial charge >= 0.3 is 5.91 Å². The lowest BCUT2D eigenvalue weighted by atomic mass is 10.6. The van der Waals surface area contributed by atoms with E-state index in [0.717, 1.165) is 0 Å². The Morgan fingerprint density at radius 3 is 2.73 bits per heavy atom. The number of nitrogens with two attached hydrogens (primary N) is 1. The van der Waals surface area contributed by atoms with Crippen LogP contribution >= 0.6 is 0 Å². The average molecular weight is 155 g/mol. The van der Waals surface area contributed by atoms with Crippen LogP contribution in [0.1, 0.15) is 16.4 Å². The first-order valence-electron chi connectivity index (χ1n) is 3.03. The van der Waals surface area contributed by atoms with Crippen molar-refractivity contribution in [2.75, 3.05) is 0 Å². The largest absolute Gasteiger partial charge is 0.302 e. The number of hydrogen-bond donors (Lipinski definition) is 2. The Bertz CT molecular complexity index is 278. The number of aryl methyl sites for hydroxylation is 2. The highest BCUT2D eigenvalue weighted by Crippen LogP contribution is 1.93. The van der Waals surface area contributed by atoms with Crippen molar-refractivity contribution in [3.63, 3.8) is 0 Å². The van der Waals surface area contributed by atoms with Gasteiger partial charge in [-0.15, -0.1) is 0 Å². The maximum Gasteiger partial charge on any atom is 0.302 e. The molecule has 6 nitrogen and oxygen atoms in total. The number of nitrogens with one attached hydrogen (secondary N) is 1. The molecule has 0 aliphatic carbocycles. The molecular formula is C5H9N5O. The van der Waals surface area contributed by atoms with E-state index >= 15 is 0 Å². The Morgan fingerprint density at radius 1 is 1.73 bits per heavy atom. The second-order valence-corrected chi connectivity index (χ2v) is 2.08.